The molecule has 0 amide bonds. The second-order valence-electron chi connectivity index (χ2n) is 4.08. The van der Waals surface area contributed by atoms with Gasteiger partial charge in [-0.1, -0.05) is 19.9 Å². The fraction of sp³-hybridized carbons (Fsp3) is 0.500. The van der Waals surface area contributed by atoms with E-state index in [1.54, 1.807) is 0 Å². The van der Waals surface area contributed by atoms with Crippen LogP contribution >= 0.6 is 0 Å². The summed E-state index contributed by atoms with van der Waals surface area (Å²) in [5.41, 5.74) is 1.19. The van der Waals surface area contributed by atoms with Crippen LogP contribution in [-0.2, 0) is 0 Å². The summed E-state index contributed by atoms with van der Waals surface area (Å²) in [6.07, 6.45) is 0. The van der Waals surface area contributed by atoms with Crippen LogP contribution in [0.25, 0.3) is 0 Å². The molecule has 1 radical (unpaired) electrons. The molecule has 2 nitrogen and oxygen atoms in total. The van der Waals surface area contributed by atoms with Crippen molar-refractivity contribution in [1.82, 2.24) is 0 Å². The molecule has 1 aliphatic heterocycles. The Hall–Kier alpha value is -1.18. The third kappa shape index (κ3) is 1.84. The third-order valence-corrected chi connectivity index (χ3v) is 2.35. The monoisotopic (exact) mass is 190 g/mol. The Bertz CT molecular complexity index is 309. The van der Waals surface area contributed by atoms with Gasteiger partial charge in [0.25, 0.3) is 0 Å². The van der Waals surface area contributed by atoms with Gasteiger partial charge in [0, 0.05) is 6.54 Å². The molecular formula is C12H16NO. The van der Waals surface area contributed by atoms with Gasteiger partial charge in [0.1, 0.15) is 12.4 Å². The normalized spacial score (nSPS) is 15.2. The fourth-order valence-corrected chi connectivity index (χ4v) is 1.79. The van der Waals surface area contributed by atoms with Crippen molar-refractivity contribution in [3.8, 4) is 5.75 Å². The maximum Gasteiger partial charge on any atom is 0.142 e. The van der Waals surface area contributed by atoms with E-state index < -0.39 is 0 Å². The highest BCUT2D eigenvalue weighted by molar-refractivity contribution is 5.59. The third-order valence-electron chi connectivity index (χ3n) is 2.35. The van der Waals surface area contributed by atoms with E-state index in [0.29, 0.717) is 5.92 Å². The number of hydrogen-bond donors (Lipinski definition) is 0. The zero-order valence-electron chi connectivity index (χ0n) is 8.79. The van der Waals surface area contributed by atoms with Gasteiger partial charge in [-0.2, -0.15) is 0 Å². The standard InChI is InChI=1S/C12H16NO/c1-10(2)9-13-7-8-14-12-6-4-3-5-11(12)13/h4-6,10H,7-9H2,1-2H3. The van der Waals surface area contributed by atoms with Gasteiger partial charge >= 0.3 is 0 Å². The van der Waals surface area contributed by atoms with Crippen molar-refractivity contribution in [3.05, 3.63) is 24.3 Å². The average molecular weight is 190 g/mol. The molecule has 2 heteroatoms. The summed E-state index contributed by atoms with van der Waals surface area (Å²) in [4.78, 5) is 2.38. The fourth-order valence-electron chi connectivity index (χ4n) is 1.79. The lowest BCUT2D eigenvalue weighted by molar-refractivity contribution is 0.304. The van der Waals surface area contributed by atoms with Crippen LogP contribution in [0.4, 0.5) is 5.69 Å². The lowest BCUT2D eigenvalue weighted by Gasteiger charge is -2.32. The Morgan fingerprint density at radius 2 is 2.43 bits per heavy atom. The Kier molecular flexibility index (Phi) is 2.62. The van der Waals surface area contributed by atoms with Crippen LogP contribution in [0.1, 0.15) is 13.8 Å². The SMILES string of the molecule is CC(C)CN1CCOc2cc[c]cc21. The van der Waals surface area contributed by atoms with Gasteiger partial charge in [0.15, 0.2) is 0 Å². The summed E-state index contributed by atoms with van der Waals surface area (Å²) in [7, 11) is 0. The van der Waals surface area contributed by atoms with Crippen LogP contribution in [0.3, 0.4) is 0 Å². The molecule has 1 aromatic rings. The molecular weight excluding hydrogens is 174 g/mol. The summed E-state index contributed by atoms with van der Waals surface area (Å²) >= 11 is 0. The second-order valence-corrected chi connectivity index (χ2v) is 4.08. The summed E-state index contributed by atoms with van der Waals surface area (Å²) in [5.74, 6) is 1.68. The molecule has 0 saturated heterocycles. The molecule has 0 spiro atoms. The molecule has 0 atom stereocenters. The van der Waals surface area contributed by atoms with Crippen LogP contribution in [-0.4, -0.2) is 19.7 Å². The minimum Gasteiger partial charge on any atom is -0.490 e. The first kappa shape index (κ1) is 9.38. The molecule has 0 saturated carbocycles. The van der Waals surface area contributed by atoms with Crippen molar-refractivity contribution in [1.29, 1.82) is 0 Å². The number of ether oxygens (including phenoxy) is 1. The maximum atomic E-state index is 5.57. The van der Waals surface area contributed by atoms with E-state index in [2.05, 4.69) is 24.8 Å². The van der Waals surface area contributed by atoms with E-state index in [1.165, 1.54) is 5.69 Å². The Labute approximate surface area is 85.5 Å². The highest BCUT2D eigenvalue weighted by Crippen LogP contribution is 2.30. The zero-order chi connectivity index (χ0) is 9.97. The topological polar surface area (TPSA) is 12.5 Å². The number of benzene rings is 1. The summed E-state index contributed by atoms with van der Waals surface area (Å²) < 4.78 is 5.57. The number of anilines is 1. The Morgan fingerprint density at radius 3 is 3.21 bits per heavy atom. The summed E-state index contributed by atoms with van der Waals surface area (Å²) in [5, 5.41) is 0. The van der Waals surface area contributed by atoms with E-state index >= 15 is 0 Å². The molecule has 2 rings (SSSR count). The first-order valence-electron chi connectivity index (χ1n) is 5.15. The largest absolute Gasteiger partial charge is 0.490 e. The molecule has 1 aromatic carbocycles. The first-order valence-corrected chi connectivity index (χ1v) is 5.15. The van der Waals surface area contributed by atoms with E-state index in [9.17, 15) is 0 Å². The zero-order valence-corrected chi connectivity index (χ0v) is 8.79. The van der Waals surface area contributed by atoms with Gasteiger partial charge in [-0.25, -0.2) is 0 Å². The molecule has 0 fully saturated rings. The van der Waals surface area contributed by atoms with Crippen molar-refractivity contribution in [2.45, 2.75) is 13.8 Å². The molecule has 0 unspecified atom stereocenters. The van der Waals surface area contributed by atoms with Crippen molar-refractivity contribution >= 4 is 5.69 Å². The summed E-state index contributed by atoms with van der Waals surface area (Å²) in [6.45, 7) is 7.35. The quantitative estimate of drug-likeness (QED) is 0.709. The molecule has 14 heavy (non-hydrogen) atoms. The molecule has 1 heterocycles. The van der Waals surface area contributed by atoms with Gasteiger partial charge in [-0.05, 0) is 24.1 Å². The lowest BCUT2D eigenvalue weighted by Crippen LogP contribution is -2.35. The van der Waals surface area contributed by atoms with Crippen LogP contribution in [0.15, 0.2) is 18.2 Å². The van der Waals surface area contributed by atoms with E-state index in [4.69, 9.17) is 4.74 Å². The molecule has 0 aromatic heterocycles. The van der Waals surface area contributed by atoms with Gasteiger partial charge in [-0.3, -0.25) is 0 Å². The molecule has 0 bridgehead atoms. The first-order chi connectivity index (χ1) is 6.77. The number of hydrogen-bond acceptors (Lipinski definition) is 2. The van der Waals surface area contributed by atoms with Gasteiger partial charge in [0.2, 0.25) is 0 Å². The van der Waals surface area contributed by atoms with Crippen molar-refractivity contribution in [2.75, 3.05) is 24.6 Å². The number of rotatable bonds is 2. The number of nitrogens with zero attached hydrogens (tertiary/aromatic N) is 1. The highest BCUT2D eigenvalue weighted by atomic mass is 16.5. The van der Waals surface area contributed by atoms with E-state index in [-0.39, 0.29) is 0 Å². The average Bonchev–Trinajstić information content (AvgIpc) is 2.18. The van der Waals surface area contributed by atoms with Gasteiger partial charge in [0.05, 0.1) is 12.2 Å². The van der Waals surface area contributed by atoms with Crippen LogP contribution in [0.5, 0.6) is 5.75 Å². The Morgan fingerprint density at radius 1 is 1.57 bits per heavy atom. The number of fused-ring (bicyclic) bond motifs is 1. The van der Waals surface area contributed by atoms with Crippen molar-refractivity contribution in [2.24, 2.45) is 5.92 Å². The lowest BCUT2D eigenvalue weighted by atomic mass is 10.1. The van der Waals surface area contributed by atoms with Gasteiger partial charge in [-0.15, -0.1) is 0 Å². The Balaban J connectivity index is 2.22. The molecule has 1 aliphatic rings. The summed E-state index contributed by atoms with van der Waals surface area (Å²) in [6, 6.07) is 9.00. The second kappa shape index (κ2) is 3.91. The predicted octanol–water partition coefficient (Wildman–Crippen LogP) is 2.34. The van der Waals surface area contributed by atoms with Crippen LogP contribution in [0.2, 0.25) is 0 Å². The van der Waals surface area contributed by atoms with Crippen molar-refractivity contribution < 1.29 is 4.74 Å². The van der Waals surface area contributed by atoms with E-state index in [0.717, 1.165) is 25.4 Å². The van der Waals surface area contributed by atoms with Crippen molar-refractivity contribution in [3.63, 3.8) is 0 Å². The van der Waals surface area contributed by atoms with E-state index in [1.807, 2.05) is 18.2 Å². The van der Waals surface area contributed by atoms with Crippen LogP contribution < -0.4 is 9.64 Å². The minimum absolute atomic E-state index is 0.682. The van der Waals surface area contributed by atoms with Crippen LogP contribution in [0, 0.1) is 12.0 Å². The smallest absolute Gasteiger partial charge is 0.142 e. The molecule has 0 aliphatic carbocycles. The van der Waals surface area contributed by atoms with Gasteiger partial charge < -0.3 is 9.64 Å². The maximum absolute atomic E-state index is 5.57. The highest BCUT2D eigenvalue weighted by Gasteiger charge is 2.17. The predicted molar refractivity (Wildman–Crippen MR) is 57.8 cm³/mol. The molecule has 75 valence electrons. The minimum atomic E-state index is 0.682. The molecule has 0 N–H and O–H groups in total.